The molecule has 32 heavy (non-hydrogen) atoms. The lowest BCUT2D eigenvalue weighted by molar-refractivity contribution is -0.143. The van der Waals surface area contributed by atoms with Gasteiger partial charge in [-0.15, -0.1) is 10.2 Å². The van der Waals surface area contributed by atoms with E-state index in [9.17, 15) is 9.59 Å². The highest BCUT2D eigenvalue weighted by molar-refractivity contribution is 7.99. The van der Waals surface area contributed by atoms with E-state index in [0.29, 0.717) is 11.8 Å². The molecule has 0 fully saturated rings. The normalized spacial score (nSPS) is 11.8. The third-order valence-corrected chi connectivity index (χ3v) is 5.88. The Morgan fingerprint density at radius 1 is 1.09 bits per heavy atom. The van der Waals surface area contributed by atoms with Gasteiger partial charge in [-0.3, -0.25) is 14.2 Å². The highest BCUT2D eigenvalue weighted by atomic mass is 32.2. The Balaban J connectivity index is 1.72. The molecule has 1 N–H and O–H groups in total. The summed E-state index contributed by atoms with van der Waals surface area (Å²) in [5, 5.41) is 12.1. The predicted molar refractivity (Wildman–Crippen MR) is 125 cm³/mol. The van der Waals surface area contributed by atoms with Gasteiger partial charge in [0.2, 0.25) is 5.91 Å². The van der Waals surface area contributed by atoms with Crippen LogP contribution in [0.1, 0.15) is 41.9 Å². The number of aryl methyl sites for hydroxylation is 3. The van der Waals surface area contributed by atoms with Gasteiger partial charge in [-0.05, 0) is 50.5 Å². The first-order valence-electron chi connectivity index (χ1n) is 10.5. The van der Waals surface area contributed by atoms with Gasteiger partial charge in [0.1, 0.15) is 5.82 Å². The summed E-state index contributed by atoms with van der Waals surface area (Å²) in [6.45, 7) is 8.03. The molecule has 0 radical (unpaired) electrons. The summed E-state index contributed by atoms with van der Waals surface area (Å²) in [6, 6.07) is 15.2. The zero-order valence-electron chi connectivity index (χ0n) is 18.8. The highest BCUT2D eigenvalue weighted by Gasteiger charge is 2.20. The van der Waals surface area contributed by atoms with Crippen LogP contribution in [0, 0.1) is 20.8 Å². The van der Waals surface area contributed by atoms with Gasteiger partial charge in [0.05, 0.1) is 30.5 Å². The predicted octanol–water partition coefficient (Wildman–Crippen LogP) is 4.10. The number of ether oxygens (including phenoxy) is 1. The van der Waals surface area contributed by atoms with E-state index >= 15 is 0 Å². The number of thioether (sulfide) groups is 1. The monoisotopic (exact) mass is 452 g/mol. The SMILES string of the molecule is CCOC(=O)CC(NC(=O)CSc1nnc(C)n1-c1cc(C)ccc1C)c1ccccc1. The van der Waals surface area contributed by atoms with Crippen molar-refractivity contribution in [3.63, 3.8) is 0 Å². The van der Waals surface area contributed by atoms with Crippen molar-refractivity contribution in [1.29, 1.82) is 0 Å². The number of hydrogen-bond donors (Lipinski definition) is 1. The Morgan fingerprint density at radius 2 is 1.84 bits per heavy atom. The second-order valence-electron chi connectivity index (χ2n) is 7.48. The first-order valence-corrected chi connectivity index (χ1v) is 11.5. The number of aromatic nitrogens is 3. The minimum Gasteiger partial charge on any atom is -0.466 e. The maximum Gasteiger partial charge on any atom is 0.308 e. The van der Waals surface area contributed by atoms with Crippen molar-refractivity contribution < 1.29 is 14.3 Å². The molecular weight excluding hydrogens is 424 g/mol. The zero-order valence-corrected chi connectivity index (χ0v) is 19.6. The van der Waals surface area contributed by atoms with Gasteiger partial charge >= 0.3 is 5.97 Å². The lowest BCUT2D eigenvalue weighted by Crippen LogP contribution is -2.32. The van der Waals surface area contributed by atoms with E-state index < -0.39 is 6.04 Å². The first kappa shape index (κ1) is 23.5. The molecule has 0 saturated heterocycles. The van der Waals surface area contributed by atoms with Crippen molar-refractivity contribution in [3.8, 4) is 5.69 Å². The van der Waals surface area contributed by atoms with Gasteiger partial charge in [-0.1, -0.05) is 54.2 Å². The van der Waals surface area contributed by atoms with Crippen LogP contribution in [0.2, 0.25) is 0 Å². The number of hydrogen-bond acceptors (Lipinski definition) is 6. The minimum absolute atomic E-state index is 0.0754. The molecule has 1 heterocycles. The van der Waals surface area contributed by atoms with Crippen LogP contribution in [-0.2, 0) is 14.3 Å². The lowest BCUT2D eigenvalue weighted by atomic mass is 10.0. The minimum atomic E-state index is -0.457. The average molecular weight is 453 g/mol. The van der Waals surface area contributed by atoms with E-state index in [2.05, 4.69) is 33.7 Å². The zero-order chi connectivity index (χ0) is 23.1. The molecule has 1 atom stereocenters. The van der Waals surface area contributed by atoms with Crippen LogP contribution < -0.4 is 5.32 Å². The maximum atomic E-state index is 12.8. The third kappa shape index (κ3) is 5.97. The van der Waals surface area contributed by atoms with E-state index in [-0.39, 0.29) is 24.1 Å². The Kier molecular flexibility index (Phi) is 8.05. The van der Waals surface area contributed by atoms with Crippen molar-refractivity contribution in [1.82, 2.24) is 20.1 Å². The van der Waals surface area contributed by atoms with E-state index in [1.54, 1.807) is 6.92 Å². The Labute approximate surface area is 192 Å². The van der Waals surface area contributed by atoms with Crippen LogP contribution in [-0.4, -0.2) is 39.0 Å². The summed E-state index contributed by atoms with van der Waals surface area (Å²) in [7, 11) is 0. The van der Waals surface area contributed by atoms with E-state index in [1.807, 2.05) is 55.7 Å². The number of rotatable bonds is 9. The maximum absolute atomic E-state index is 12.8. The number of carbonyl (C=O) groups is 2. The lowest BCUT2D eigenvalue weighted by Gasteiger charge is -2.18. The molecule has 1 unspecified atom stereocenters. The number of nitrogens with one attached hydrogen (secondary N) is 1. The van der Waals surface area contributed by atoms with Crippen LogP contribution in [0.3, 0.4) is 0 Å². The van der Waals surface area contributed by atoms with E-state index in [0.717, 1.165) is 28.2 Å². The van der Waals surface area contributed by atoms with Gasteiger partial charge < -0.3 is 10.1 Å². The van der Waals surface area contributed by atoms with Gasteiger partial charge in [0, 0.05) is 0 Å². The molecule has 3 rings (SSSR count). The van der Waals surface area contributed by atoms with Crippen LogP contribution in [0.5, 0.6) is 0 Å². The Morgan fingerprint density at radius 3 is 2.56 bits per heavy atom. The molecular formula is C24H28N4O3S. The number of nitrogens with zero attached hydrogens (tertiary/aromatic N) is 3. The Bertz CT molecular complexity index is 1080. The van der Waals surface area contributed by atoms with Crippen LogP contribution in [0.4, 0.5) is 0 Å². The first-order chi connectivity index (χ1) is 15.4. The largest absolute Gasteiger partial charge is 0.466 e. The van der Waals surface area contributed by atoms with E-state index in [4.69, 9.17) is 4.74 Å². The molecule has 0 aliphatic rings. The van der Waals surface area contributed by atoms with Gasteiger partial charge in [-0.2, -0.15) is 0 Å². The van der Waals surface area contributed by atoms with Gasteiger partial charge in [-0.25, -0.2) is 0 Å². The van der Waals surface area contributed by atoms with Crippen LogP contribution >= 0.6 is 11.8 Å². The molecule has 168 valence electrons. The van der Waals surface area contributed by atoms with Crippen molar-refractivity contribution >= 4 is 23.6 Å². The quantitative estimate of drug-likeness (QED) is 0.389. The van der Waals surface area contributed by atoms with Crippen LogP contribution in [0.15, 0.2) is 53.7 Å². The summed E-state index contributed by atoms with van der Waals surface area (Å²) in [6.07, 6.45) is 0.0754. The molecule has 0 bridgehead atoms. The third-order valence-electron chi connectivity index (χ3n) is 4.95. The summed E-state index contributed by atoms with van der Waals surface area (Å²) in [5.41, 5.74) is 4.09. The fourth-order valence-electron chi connectivity index (χ4n) is 3.36. The van der Waals surface area contributed by atoms with Crippen molar-refractivity contribution in [3.05, 3.63) is 71.0 Å². The highest BCUT2D eigenvalue weighted by Crippen LogP contribution is 2.25. The van der Waals surface area contributed by atoms with E-state index in [1.165, 1.54) is 11.8 Å². The molecule has 0 saturated carbocycles. The standard InChI is InChI=1S/C24H28N4O3S/c1-5-31-23(30)14-20(19-9-7-6-8-10-19)25-22(29)15-32-24-27-26-18(4)28(24)21-13-16(2)11-12-17(21)3/h6-13,20H,5,14-15H2,1-4H3,(H,25,29). The topological polar surface area (TPSA) is 86.1 Å². The second-order valence-corrected chi connectivity index (χ2v) is 8.43. The summed E-state index contributed by atoms with van der Waals surface area (Å²) >= 11 is 1.31. The van der Waals surface area contributed by atoms with Gasteiger partial charge in [0.25, 0.3) is 0 Å². The smallest absolute Gasteiger partial charge is 0.308 e. The van der Waals surface area contributed by atoms with Crippen LogP contribution in [0.25, 0.3) is 5.69 Å². The number of carbonyl (C=O) groups excluding carboxylic acids is 2. The molecule has 7 nitrogen and oxygen atoms in total. The number of amides is 1. The van der Waals surface area contributed by atoms with Crippen molar-refractivity contribution in [2.45, 2.75) is 45.3 Å². The molecule has 1 amide bonds. The molecule has 0 spiro atoms. The molecule has 0 aliphatic carbocycles. The fraction of sp³-hybridized carbons (Fsp3) is 0.333. The molecule has 8 heteroatoms. The van der Waals surface area contributed by atoms with Crippen molar-refractivity contribution in [2.24, 2.45) is 0 Å². The fourth-order valence-corrected chi connectivity index (χ4v) is 4.17. The summed E-state index contributed by atoms with van der Waals surface area (Å²) < 4.78 is 7.04. The average Bonchev–Trinajstić information content (AvgIpc) is 3.14. The molecule has 3 aromatic rings. The summed E-state index contributed by atoms with van der Waals surface area (Å²) in [4.78, 5) is 24.8. The van der Waals surface area contributed by atoms with Gasteiger partial charge in [0.15, 0.2) is 5.16 Å². The number of esters is 1. The molecule has 1 aromatic heterocycles. The summed E-state index contributed by atoms with van der Waals surface area (Å²) in [5.74, 6) is 0.363. The number of benzene rings is 2. The Hall–Kier alpha value is -3.13. The van der Waals surface area contributed by atoms with Crippen molar-refractivity contribution in [2.75, 3.05) is 12.4 Å². The molecule has 0 aliphatic heterocycles. The molecule has 2 aromatic carbocycles. The second kappa shape index (κ2) is 10.9.